The second kappa shape index (κ2) is 6.42. The van der Waals surface area contributed by atoms with Crippen LogP contribution in [0.3, 0.4) is 0 Å². The minimum Gasteiger partial charge on any atom is -0.328 e. The van der Waals surface area contributed by atoms with Gasteiger partial charge in [-0.15, -0.1) is 0 Å². The molecule has 0 heterocycles. The van der Waals surface area contributed by atoms with Gasteiger partial charge in [0.2, 0.25) is 0 Å². The largest absolute Gasteiger partial charge is 0.328 e. The maximum absolute atomic E-state index is 5.84. The van der Waals surface area contributed by atoms with Gasteiger partial charge in [-0.05, 0) is 37.5 Å². The van der Waals surface area contributed by atoms with Crippen LogP contribution in [0.4, 0.5) is 0 Å². The predicted octanol–water partition coefficient (Wildman–Crippen LogP) is 3.43. The van der Waals surface area contributed by atoms with Gasteiger partial charge in [-0.25, -0.2) is 0 Å². The molecule has 0 aromatic carbocycles. The molecule has 0 rings (SSSR count). The molecule has 3 unspecified atom stereocenters. The third-order valence-corrected chi connectivity index (χ3v) is 3.36. The summed E-state index contributed by atoms with van der Waals surface area (Å²) in [6, 6.07) is 0.352. The molecule has 0 aliphatic rings. The highest BCUT2D eigenvalue weighted by atomic mass is 14.6. The van der Waals surface area contributed by atoms with E-state index in [-0.39, 0.29) is 0 Å². The van der Waals surface area contributed by atoms with Gasteiger partial charge in [0.25, 0.3) is 0 Å². The van der Waals surface area contributed by atoms with Gasteiger partial charge in [0.05, 0.1) is 0 Å². The van der Waals surface area contributed by atoms with E-state index in [4.69, 9.17) is 5.73 Å². The highest BCUT2D eigenvalue weighted by molar-refractivity contribution is 4.68. The van der Waals surface area contributed by atoms with E-state index in [0.29, 0.717) is 12.0 Å². The van der Waals surface area contributed by atoms with E-state index >= 15 is 0 Å². The molecule has 0 bridgehead atoms. The van der Waals surface area contributed by atoms with E-state index < -0.39 is 0 Å². The lowest BCUT2D eigenvalue weighted by Crippen LogP contribution is -2.25. The zero-order chi connectivity index (χ0) is 10.4. The first kappa shape index (κ1) is 13.0. The van der Waals surface area contributed by atoms with Gasteiger partial charge in [-0.1, -0.05) is 34.1 Å². The SMILES string of the molecule is CCC(CCC(C)C(C)N)C(C)C. The molecule has 13 heavy (non-hydrogen) atoms. The fourth-order valence-corrected chi connectivity index (χ4v) is 1.75. The van der Waals surface area contributed by atoms with E-state index in [2.05, 4.69) is 34.6 Å². The summed E-state index contributed by atoms with van der Waals surface area (Å²) in [6.07, 6.45) is 3.94. The zero-order valence-corrected chi connectivity index (χ0v) is 10.0. The lowest BCUT2D eigenvalue weighted by atomic mass is 9.85. The van der Waals surface area contributed by atoms with Crippen molar-refractivity contribution in [2.45, 2.75) is 59.9 Å². The topological polar surface area (TPSA) is 26.0 Å². The second-order valence-corrected chi connectivity index (χ2v) is 4.83. The molecule has 0 amide bonds. The van der Waals surface area contributed by atoms with Crippen molar-refractivity contribution in [2.75, 3.05) is 0 Å². The van der Waals surface area contributed by atoms with Crippen molar-refractivity contribution in [2.24, 2.45) is 23.5 Å². The molecular weight excluding hydrogens is 158 g/mol. The van der Waals surface area contributed by atoms with Gasteiger partial charge in [0.15, 0.2) is 0 Å². The van der Waals surface area contributed by atoms with E-state index in [0.717, 1.165) is 11.8 Å². The Labute approximate surface area is 84.1 Å². The van der Waals surface area contributed by atoms with Crippen LogP contribution in [-0.2, 0) is 0 Å². The monoisotopic (exact) mass is 185 g/mol. The molecule has 0 radical (unpaired) electrons. The lowest BCUT2D eigenvalue weighted by molar-refractivity contribution is 0.305. The van der Waals surface area contributed by atoms with Crippen LogP contribution < -0.4 is 5.73 Å². The molecule has 0 saturated heterocycles. The van der Waals surface area contributed by atoms with E-state index in [1.54, 1.807) is 0 Å². The summed E-state index contributed by atoms with van der Waals surface area (Å²) in [7, 11) is 0. The van der Waals surface area contributed by atoms with Crippen molar-refractivity contribution in [3.63, 3.8) is 0 Å². The molecule has 0 spiro atoms. The van der Waals surface area contributed by atoms with Gasteiger partial charge < -0.3 is 5.73 Å². The summed E-state index contributed by atoms with van der Waals surface area (Å²) in [4.78, 5) is 0. The van der Waals surface area contributed by atoms with E-state index in [9.17, 15) is 0 Å². The number of hydrogen-bond acceptors (Lipinski definition) is 1. The molecule has 0 aliphatic carbocycles. The van der Waals surface area contributed by atoms with Crippen LogP contribution in [0, 0.1) is 17.8 Å². The van der Waals surface area contributed by atoms with Crippen LogP contribution in [0.2, 0.25) is 0 Å². The van der Waals surface area contributed by atoms with Gasteiger partial charge in [0, 0.05) is 6.04 Å². The van der Waals surface area contributed by atoms with Crippen LogP contribution in [0.15, 0.2) is 0 Å². The van der Waals surface area contributed by atoms with Crippen molar-refractivity contribution in [3.05, 3.63) is 0 Å². The Balaban J connectivity index is 3.72. The average molecular weight is 185 g/mol. The molecule has 0 fully saturated rings. The van der Waals surface area contributed by atoms with E-state index in [1.165, 1.54) is 19.3 Å². The molecule has 1 nitrogen and oxygen atoms in total. The molecule has 1 heteroatoms. The third kappa shape index (κ3) is 5.30. The fraction of sp³-hybridized carbons (Fsp3) is 1.00. The van der Waals surface area contributed by atoms with Crippen molar-refractivity contribution < 1.29 is 0 Å². The Bertz CT molecular complexity index is 118. The molecule has 0 aliphatic heterocycles. The highest BCUT2D eigenvalue weighted by Crippen LogP contribution is 2.23. The van der Waals surface area contributed by atoms with Gasteiger partial charge in [0.1, 0.15) is 0 Å². The summed E-state index contributed by atoms with van der Waals surface area (Å²) in [5.41, 5.74) is 5.84. The van der Waals surface area contributed by atoms with Crippen molar-refractivity contribution in [1.82, 2.24) is 0 Å². The summed E-state index contributed by atoms with van der Waals surface area (Å²) >= 11 is 0. The number of nitrogens with two attached hydrogens (primary N) is 1. The van der Waals surface area contributed by atoms with Crippen LogP contribution >= 0.6 is 0 Å². The molecule has 0 saturated carbocycles. The normalized spacial score (nSPS) is 18.7. The molecule has 3 atom stereocenters. The molecule has 80 valence electrons. The predicted molar refractivity (Wildman–Crippen MR) is 60.7 cm³/mol. The van der Waals surface area contributed by atoms with Crippen molar-refractivity contribution >= 4 is 0 Å². The highest BCUT2D eigenvalue weighted by Gasteiger charge is 2.14. The first-order chi connectivity index (χ1) is 5.99. The molecular formula is C12H27N. The lowest BCUT2D eigenvalue weighted by Gasteiger charge is -2.22. The maximum atomic E-state index is 5.84. The Morgan fingerprint density at radius 1 is 1.00 bits per heavy atom. The number of hydrogen-bond donors (Lipinski definition) is 1. The smallest absolute Gasteiger partial charge is 0.00361 e. The maximum Gasteiger partial charge on any atom is 0.00361 e. The van der Waals surface area contributed by atoms with Crippen LogP contribution in [0.25, 0.3) is 0 Å². The average Bonchev–Trinajstić information content (AvgIpc) is 2.04. The fourth-order valence-electron chi connectivity index (χ4n) is 1.75. The molecule has 0 aromatic rings. The summed E-state index contributed by atoms with van der Waals surface area (Å²) in [6.45, 7) is 11.3. The Morgan fingerprint density at radius 3 is 1.85 bits per heavy atom. The summed E-state index contributed by atoms with van der Waals surface area (Å²) in [5, 5.41) is 0. The van der Waals surface area contributed by atoms with Crippen LogP contribution in [0.1, 0.15) is 53.9 Å². The zero-order valence-electron chi connectivity index (χ0n) is 10.0. The third-order valence-electron chi connectivity index (χ3n) is 3.36. The number of rotatable bonds is 6. The molecule has 0 aromatic heterocycles. The van der Waals surface area contributed by atoms with Gasteiger partial charge >= 0.3 is 0 Å². The summed E-state index contributed by atoms with van der Waals surface area (Å²) < 4.78 is 0. The minimum atomic E-state index is 0.352. The Hall–Kier alpha value is -0.0400. The van der Waals surface area contributed by atoms with Crippen LogP contribution in [0.5, 0.6) is 0 Å². The standard InChI is InChI=1S/C12H27N/c1-6-12(9(2)3)8-7-10(4)11(5)13/h9-12H,6-8,13H2,1-5H3. The Kier molecular flexibility index (Phi) is 6.40. The van der Waals surface area contributed by atoms with Crippen molar-refractivity contribution in [1.29, 1.82) is 0 Å². The quantitative estimate of drug-likeness (QED) is 0.674. The van der Waals surface area contributed by atoms with Gasteiger partial charge in [-0.3, -0.25) is 0 Å². The van der Waals surface area contributed by atoms with Crippen molar-refractivity contribution in [3.8, 4) is 0 Å². The second-order valence-electron chi connectivity index (χ2n) is 4.83. The van der Waals surface area contributed by atoms with Gasteiger partial charge in [-0.2, -0.15) is 0 Å². The first-order valence-corrected chi connectivity index (χ1v) is 5.74. The first-order valence-electron chi connectivity index (χ1n) is 5.74. The van der Waals surface area contributed by atoms with Crippen LogP contribution in [-0.4, -0.2) is 6.04 Å². The van der Waals surface area contributed by atoms with E-state index in [1.807, 2.05) is 0 Å². The summed E-state index contributed by atoms with van der Waals surface area (Å²) in [5.74, 6) is 2.39. The minimum absolute atomic E-state index is 0.352. The Morgan fingerprint density at radius 2 is 1.54 bits per heavy atom. The molecule has 2 N–H and O–H groups in total.